The molecule has 0 saturated heterocycles. The van der Waals surface area contributed by atoms with E-state index in [-0.39, 0.29) is 28.7 Å². The number of ether oxygens (including phenoxy) is 1. The van der Waals surface area contributed by atoms with Crippen molar-refractivity contribution in [1.29, 1.82) is 0 Å². The lowest BCUT2D eigenvalue weighted by atomic mass is 9.87. The summed E-state index contributed by atoms with van der Waals surface area (Å²) in [4.78, 5) is 50.1. The average molecular weight is 420 g/mol. The van der Waals surface area contributed by atoms with Crippen LogP contribution in [0.5, 0.6) is 0 Å². The van der Waals surface area contributed by atoms with Crippen LogP contribution in [-0.4, -0.2) is 41.7 Å². The Hall–Kier alpha value is -3.74. The Labute approximate surface area is 180 Å². The minimum atomic E-state index is -0.761. The van der Waals surface area contributed by atoms with Crippen molar-refractivity contribution in [2.45, 2.75) is 26.2 Å². The Morgan fingerprint density at radius 3 is 2.29 bits per heavy atom. The summed E-state index contributed by atoms with van der Waals surface area (Å²) in [5, 5.41) is 2.67. The summed E-state index contributed by atoms with van der Waals surface area (Å²) in [7, 11) is 0. The van der Waals surface area contributed by atoms with Crippen molar-refractivity contribution in [2.24, 2.45) is 0 Å². The number of anilines is 1. The summed E-state index contributed by atoms with van der Waals surface area (Å²) in [6, 6.07) is 11.6. The van der Waals surface area contributed by atoms with Crippen molar-refractivity contribution in [3.63, 3.8) is 0 Å². The highest BCUT2D eigenvalue weighted by Gasteiger charge is 2.35. The van der Waals surface area contributed by atoms with E-state index >= 15 is 0 Å². The summed E-state index contributed by atoms with van der Waals surface area (Å²) in [5.41, 5.74) is 2.17. The fraction of sp³-hybridized carbons (Fsp3) is 0.250. The molecule has 0 bridgehead atoms. The molecule has 1 N–H and O–H groups in total. The minimum Gasteiger partial charge on any atom is -0.452 e. The molecule has 0 spiro atoms. The molecule has 1 aliphatic heterocycles. The Morgan fingerprint density at radius 1 is 1.03 bits per heavy atom. The van der Waals surface area contributed by atoms with E-state index < -0.39 is 30.3 Å². The van der Waals surface area contributed by atoms with Crippen LogP contribution in [0.1, 0.15) is 57.4 Å². The van der Waals surface area contributed by atoms with Crippen molar-refractivity contribution in [3.05, 3.63) is 77.4 Å². The molecule has 7 nitrogen and oxygen atoms in total. The first-order valence-corrected chi connectivity index (χ1v) is 9.80. The van der Waals surface area contributed by atoms with Crippen molar-refractivity contribution in [3.8, 4) is 0 Å². The number of nitrogens with one attached hydrogen (secondary N) is 1. The number of fused-ring (bicyclic) bond motifs is 1. The van der Waals surface area contributed by atoms with Crippen molar-refractivity contribution in [1.82, 2.24) is 4.90 Å². The summed E-state index contributed by atoms with van der Waals surface area (Å²) in [6.07, 6.45) is 1.45. The fourth-order valence-corrected chi connectivity index (χ4v) is 3.18. The fourth-order valence-electron chi connectivity index (χ4n) is 3.18. The van der Waals surface area contributed by atoms with Crippen LogP contribution >= 0.6 is 0 Å². The molecule has 3 rings (SSSR count). The summed E-state index contributed by atoms with van der Waals surface area (Å²) in [6.45, 7) is 9.43. The predicted molar refractivity (Wildman–Crippen MR) is 116 cm³/mol. The zero-order valence-corrected chi connectivity index (χ0v) is 17.7. The van der Waals surface area contributed by atoms with E-state index in [0.717, 1.165) is 10.5 Å². The third kappa shape index (κ3) is 4.71. The van der Waals surface area contributed by atoms with Crippen LogP contribution in [0.25, 0.3) is 0 Å². The molecular weight excluding hydrogens is 396 g/mol. The van der Waals surface area contributed by atoms with E-state index in [4.69, 9.17) is 4.74 Å². The topological polar surface area (TPSA) is 92.8 Å². The number of imide groups is 1. The van der Waals surface area contributed by atoms with Gasteiger partial charge in [-0.3, -0.25) is 19.3 Å². The quantitative estimate of drug-likeness (QED) is 0.438. The normalized spacial score (nSPS) is 13.1. The first-order valence-electron chi connectivity index (χ1n) is 9.80. The molecule has 1 aliphatic rings. The lowest BCUT2D eigenvalue weighted by molar-refractivity contribution is -0.119. The van der Waals surface area contributed by atoms with Crippen LogP contribution in [0.4, 0.5) is 5.69 Å². The van der Waals surface area contributed by atoms with Gasteiger partial charge in [-0.2, -0.15) is 0 Å². The highest BCUT2D eigenvalue weighted by Crippen LogP contribution is 2.25. The Kier molecular flexibility index (Phi) is 6.06. The van der Waals surface area contributed by atoms with Gasteiger partial charge in [0.15, 0.2) is 6.61 Å². The first-order chi connectivity index (χ1) is 14.6. The maximum Gasteiger partial charge on any atom is 0.338 e. The van der Waals surface area contributed by atoms with Gasteiger partial charge in [-0.25, -0.2) is 4.79 Å². The standard InChI is InChI=1S/C24H24N2O5/c1-5-12-26-21(28)18-11-6-15(13-19(18)22(26)29)23(30)31-14-20(27)25-17-9-7-16(8-10-17)24(2,3)4/h5-11,13H,1,12,14H2,2-4H3,(H,25,27). The van der Waals surface area contributed by atoms with E-state index in [2.05, 4.69) is 32.7 Å². The molecule has 0 radical (unpaired) electrons. The number of carbonyl (C=O) groups excluding carboxylic acids is 4. The number of amides is 3. The van der Waals surface area contributed by atoms with Gasteiger partial charge < -0.3 is 10.1 Å². The van der Waals surface area contributed by atoms with Crippen molar-refractivity contribution in [2.75, 3.05) is 18.5 Å². The van der Waals surface area contributed by atoms with E-state index in [1.807, 2.05) is 12.1 Å². The van der Waals surface area contributed by atoms with E-state index in [1.54, 1.807) is 12.1 Å². The van der Waals surface area contributed by atoms with Gasteiger partial charge in [-0.05, 0) is 41.3 Å². The van der Waals surface area contributed by atoms with Crippen molar-refractivity contribution >= 4 is 29.4 Å². The zero-order valence-electron chi connectivity index (χ0n) is 17.7. The molecule has 0 fully saturated rings. The highest BCUT2D eigenvalue weighted by molar-refractivity contribution is 6.22. The van der Waals surface area contributed by atoms with Gasteiger partial charge in [0.05, 0.1) is 16.7 Å². The van der Waals surface area contributed by atoms with Crippen molar-refractivity contribution < 1.29 is 23.9 Å². The van der Waals surface area contributed by atoms with Crippen LogP contribution < -0.4 is 5.32 Å². The van der Waals surface area contributed by atoms with Gasteiger partial charge in [0.25, 0.3) is 17.7 Å². The van der Waals surface area contributed by atoms with Crippen LogP contribution in [0, 0.1) is 0 Å². The van der Waals surface area contributed by atoms with Gasteiger partial charge in [0.2, 0.25) is 0 Å². The Morgan fingerprint density at radius 2 is 1.68 bits per heavy atom. The second-order valence-corrected chi connectivity index (χ2v) is 8.22. The highest BCUT2D eigenvalue weighted by atomic mass is 16.5. The van der Waals surface area contributed by atoms with E-state index in [9.17, 15) is 19.2 Å². The first kappa shape index (κ1) is 22.0. The number of benzene rings is 2. The van der Waals surface area contributed by atoms with Crippen LogP contribution in [0.15, 0.2) is 55.1 Å². The number of nitrogens with zero attached hydrogens (tertiary/aromatic N) is 1. The monoisotopic (exact) mass is 420 g/mol. The molecule has 0 unspecified atom stereocenters. The van der Waals surface area contributed by atoms with Gasteiger partial charge >= 0.3 is 5.97 Å². The molecule has 0 saturated carbocycles. The molecule has 2 aromatic carbocycles. The number of hydrogen-bond acceptors (Lipinski definition) is 5. The Bertz CT molecular complexity index is 1060. The average Bonchev–Trinajstić information content (AvgIpc) is 2.96. The molecule has 3 amide bonds. The van der Waals surface area contributed by atoms with Crippen LogP contribution in [-0.2, 0) is 14.9 Å². The van der Waals surface area contributed by atoms with E-state index in [1.165, 1.54) is 24.3 Å². The summed E-state index contributed by atoms with van der Waals surface area (Å²) >= 11 is 0. The van der Waals surface area contributed by atoms with Gasteiger partial charge in [0.1, 0.15) is 0 Å². The van der Waals surface area contributed by atoms with Gasteiger partial charge in [-0.1, -0.05) is 39.0 Å². The number of hydrogen-bond donors (Lipinski definition) is 1. The molecular formula is C24H24N2O5. The second kappa shape index (κ2) is 8.55. The summed E-state index contributed by atoms with van der Waals surface area (Å²) in [5.74, 6) is -2.17. The second-order valence-electron chi connectivity index (χ2n) is 8.22. The van der Waals surface area contributed by atoms with E-state index in [0.29, 0.717) is 5.69 Å². The number of carbonyl (C=O) groups is 4. The molecule has 0 aromatic heterocycles. The third-order valence-corrected chi connectivity index (χ3v) is 4.89. The summed E-state index contributed by atoms with van der Waals surface area (Å²) < 4.78 is 5.06. The third-order valence-electron chi connectivity index (χ3n) is 4.89. The number of esters is 1. The maximum absolute atomic E-state index is 12.4. The molecule has 160 valence electrons. The lowest BCUT2D eigenvalue weighted by Crippen LogP contribution is -2.29. The molecule has 2 aromatic rings. The van der Waals surface area contributed by atoms with Crippen LogP contribution in [0.3, 0.4) is 0 Å². The van der Waals surface area contributed by atoms with Gasteiger partial charge in [-0.15, -0.1) is 6.58 Å². The maximum atomic E-state index is 12.4. The molecule has 7 heteroatoms. The lowest BCUT2D eigenvalue weighted by Gasteiger charge is -2.19. The SMILES string of the molecule is C=CCN1C(=O)c2ccc(C(=O)OCC(=O)Nc3ccc(C(C)(C)C)cc3)cc2C1=O. The molecule has 1 heterocycles. The predicted octanol–water partition coefficient (Wildman–Crippen LogP) is 3.56. The minimum absolute atomic E-state index is 0.00262. The van der Waals surface area contributed by atoms with Crippen LogP contribution in [0.2, 0.25) is 0 Å². The molecule has 0 atom stereocenters. The zero-order chi connectivity index (χ0) is 22.8. The largest absolute Gasteiger partial charge is 0.452 e. The number of rotatable bonds is 6. The molecule has 31 heavy (non-hydrogen) atoms. The molecule has 0 aliphatic carbocycles. The smallest absolute Gasteiger partial charge is 0.338 e. The van der Waals surface area contributed by atoms with Gasteiger partial charge in [0, 0.05) is 12.2 Å². The Balaban J connectivity index is 1.60.